The van der Waals surface area contributed by atoms with Crippen LogP contribution in [0.3, 0.4) is 0 Å². The Morgan fingerprint density at radius 1 is 1.45 bits per heavy atom. The number of H-pyrrole nitrogens is 1. The molecule has 0 saturated heterocycles. The van der Waals surface area contributed by atoms with E-state index in [1.807, 2.05) is 6.92 Å². The van der Waals surface area contributed by atoms with Crippen LogP contribution in [-0.2, 0) is 17.7 Å². The zero-order valence-corrected chi connectivity index (χ0v) is 11.9. The average molecular weight is 280 g/mol. The van der Waals surface area contributed by atoms with E-state index in [0.717, 1.165) is 17.7 Å². The fraction of sp³-hybridized carbons (Fsp3) is 0.615. The molecular formula is C13H20N4O3. The van der Waals surface area contributed by atoms with Crippen molar-refractivity contribution in [1.82, 2.24) is 20.4 Å². The van der Waals surface area contributed by atoms with Crippen molar-refractivity contribution in [1.29, 1.82) is 0 Å². The van der Waals surface area contributed by atoms with Crippen molar-refractivity contribution in [2.75, 3.05) is 19.7 Å². The van der Waals surface area contributed by atoms with Crippen molar-refractivity contribution in [3.63, 3.8) is 0 Å². The number of ether oxygens (including phenoxy) is 1. The van der Waals surface area contributed by atoms with Crippen LogP contribution in [0, 0.1) is 0 Å². The van der Waals surface area contributed by atoms with Crippen LogP contribution in [0.1, 0.15) is 42.0 Å². The molecule has 110 valence electrons. The van der Waals surface area contributed by atoms with E-state index in [0.29, 0.717) is 32.7 Å². The van der Waals surface area contributed by atoms with Gasteiger partial charge >= 0.3 is 12.0 Å². The summed E-state index contributed by atoms with van der Waals surface area (Å²) in [6.07, 6.45) is 1.56. The number of aromatic nitrogens is 2. The molecule has 0 aliphatic carbocycles. The van der Waals surface area contributed by atoms with E-state index in [9.17, 15) is 9.59 Å². The van der Waals surface area contributed by atoms with Crippen molar-refractivity contribution in [3.8, 4) is 0 Å². The fourth-order valence-electron chi connectivity index (χ4n) is 2.18. The Hall–Kier alpha value is -2.05. The van der Waals surface area contributed by atoms with Gasteiger partial charge in [0, 0.05) is 30.8 Å². The maximum absolute atomic E-state index is 12.0. The van der Waals surface area contributed by atoms with E-state index in [1.54, 1.807) is 11.8 Å². The molecule has 0 bridgehead atoms. The summed E-state index contributed by atoms with van der Waals surface area (Å²) in [6, 6.07) is -0.103. The van der Waals surface area contributed by atoms with Gasteiger partial charge in [-0.25, -0.2) is 9.59 Å². The molecule has 0 radical (unpaired) electrons. The van der Waals surface area contributed by atoms with E-state index >= 15 is 0 Å². The second-order valence-electron chi connectivity index (χ2n) is 4.65. The van der Waals surface area contributed by atoms with Crippen LogP contribution in [0.25, 0.3) is 0 Å². The van der Waals surface area contributed by atoms with Gasteiger partial charge in [0.15, 0.2) is 5.69 Å². The first kappa shape index (κ1) is 14.4. The minimum Gasteiger partial charge on any atom is -0.461 e. The number of urea groups is 1. The third kappa shape index (κ3) is 2.92. The van der Waals surface area contributed by atoms with Gasteiger partial charge in [-0.1, -0.05) is 6.92 Å². The summed E-state index contributed by atoms with van der Waals surface area (Å²) in [4.78, 5) is 25.5. The van der Waals surface area contributed by atoms with Gasteiger partial charge in [-0.2, -0.15) is 5.10 Å². The molecule has 2 rings (SSSR count). The molecule has 2 heterocycles. The number of fused-ring (bicyclic) bond motifs is 1. The van der Waals surface area contributed by atoms with Crippen molar-refractivity contribution in [2.45, 2.75) is 33.2 Å². The van der Waals surface area contributed by atoms with Crippen LogP contribution in [0.5, 0.6) is 0 Å². The summed E-state index contributed by atoms with van der Waals surface area (Å²) in [5.41, 5.74) is 1.96. The lowest BCUT2D eigenvalue weighted by Gasteiger charge is -2.27. The first-order chi connectivity index (χ1) is 9.67. The Balaban J connectivity index is 2.10. The van der Waals surface area contributed by atoms with E-state index in [1.165, 1.54) is 0 Å². The first-order valence-corrected chi connectivity index (χ1v) is 6.93. The molecule has 1 aromatic rings. The molecule has 1 aliphatic rings. The van der Waals surface area contributed by atoms with Gasteiger partial charge in [-0.05, 0) is 13.3 Å². The molecule has 7 nitrogen and oxygen atoms in total. The average Bonchev–Trinajstić information content (AvgIpc) is 2.87. The van der Waals surface area contributed by atoms with E-state index in [-0.39, 0.29) is 11.7 Å². The number of nitrogens with zero attached hydrogens (tertiary/aromatic N) is 2. The predicted molar refractivity (Wildman–Crippen MR) is 72.3 cm³/mol. The zero-order chi connectivity index (χ0) is 14.5. The second-order valence-corrected chi connectivity index (χ2v) is 4.65. The lowest BCUT2D eigenvalue weighted by Crippen LogP contribution is -2.43. The number of amides is 2. The van der Waals surface area contributed by atoms with Crippen LogP contribution < -0.4 is 5.32 Å². The maximum Gasteiger partial charge on any atom is 0.359 e. The largest absolute Gasteiger partial charge is 0.461 e. The molecule has 0 fully saturated rings. The van der Waals surface area contributed by atoms with Crippen LogP contribution >= 0.6 is 0 Å². The zero-order valence-electron chi connectivity index (χ0n) is 11.9. The quantitative estimate of drug-likeness (QED) is 0.807. The molecule has 0 atom stereocenters. The molecule has 20 heavy (non-hydrogen) atoms. The number of hydrogen-bond acceptors (Lipinski definition) is 4. The van der Waals surface area contributed by atoms with Crippen LogP contribution in [0.15, 0.2) is 0 Å². The Labute approximate surface area is 117 Å². The highest BCUT2D eigenvalue weighted by Crippen LogP contribution is 2.21. The summed E-state index contributed by atoms with van der Waals surface area (Å²) in [6.45, 7) is 5.72. The topological polar surface area (TPSA) is 87.3 Å². The molecule has 0 saturated carbocycles. The SMILES string of the molecule is CCCNC(=O)N1CCc2[nH]nc(C(=O)OCC)c2C1. The van der Waals surface area contributed by atoms with Crippen LogP contribution in [0.2, 0.25) is 0 Å². The van der Waals surface area contributed by atoms with Crippen LogP contribution in [0.4, 0.5) is 4.79 Å². The van der Waals surface area contributed by atoms with E-state index < -0.39 is 5.97 Å². The third-order valence-electron chi connectivity index (χ3n) is 3.22. The van der Waals surface area contributed by atoms with Gasteiger partial charge in [0.25, 0.3) is 0 Å². The normalized spacial score (nSPS) is 13.8. The number of hydrogen-bond donors (Lipinski definition) is 2. The van der Waals surface area contributed by atoms with Gasteiger partial charge in [-0.3, -0.25) is 5.10 Å². The second kappa shape index (κ2) is 6.40. The number of aromatic amines is 1. The standard InChI is InChI=1S/C13H20N4O3/c1-3-6-14-13(19)17-7-5-10-9(8-17)11(16-15-10)12(18)20-4-2/h3-8H2,1-2H3,(H,14,19)(H,15,16). The number of carbonyl (C=O) groups excluding carboxylic acids is 2. The summed E-state index contributed by atoms with van der Waals surface area (Å²) in [5.74, 6) is -0.444. The molecular weight excluding hydrogens is 260 g/mol. The molecule has 2 amide bonds. The fourth-order valence-corrected chi connectivity index (χ4v) is 2.18. The van der Waals surface area contributed by atoms with Crippen molar-refractivity contribution < 1.29 is 14.3 Å². The Kier molecular flexibility index (Phi) is 4.60. The lowest BCUT2D eigenvalue weighted by molar-refractivity contribution is 0.0516. The highest BCUT2D eigenvalue weighted by Gasteiger charge is 2.28. The van der Waals surface area contributed by atoms with Gasteiger partial charge in [0.1, 0.15) is 0 Å². The highest BCUT2D eigenvalue weighted by molar-refractivity contribution is 5.89. The number of nitrogens with one attached hydrogen (secondary N) is 2. The molecule has 1 aromatic heterocycles. The first-order valence-electron chi connectivity index (χ1n) is 6.93. The van der Waals surface area contributed by atoms with Gasteiger partial charge < -0.3 is 15.0 Å². The van der Waals surface area contributed by atoms with Gasteiger partial charge in [0.2, 0.25) is 0 Å². The predicted octanol–water partition coefficient (Wildman–Crippen LogP) is 1.06. The third-order valence-corrected chi connectivity index (χ3v) is 3.22. The Bertz CT molecular complexity index is 498. The summed E-state index contributed by atoms with van der Waals surface area (Å²) >= 11 is 0. The van der Waals surface area contributed by atoms with E-state index in [4.69, 9.17) is 4.74 Å². The van der Waals surface area contributed by atoms with Crippen molar-refractivity contribution in [2.24, 2.45) is 0 Å². The minimum absolute atomic E-state index is 0.103. The number of esters is 1. The molecule has 7 heteroatoms. The van der Waals surface area contributed by atoms with Crippen LogP contribution in [-0.4, -0.2) is 46.8 Å². The molecule has 1 aliphatic heterocycles. The van der Waals surface area contributed by atoms with Crippen molar-refractivity contribution in [3.05, 3.63) is 17.0 Å². The molecule has 2 N–H and O–H groups in total. The summed E-state index contributed by atoms with van der Waals surface area (Å²) in [5, 5.41) is 9.71. The Morgan fingerprint density at radius 3 is 2.95 bits per heavy atom. The number of carbonyl (C=O) groups is 2. The molecule has 0 unspecified atom stereocenters. The highest BCUT2D eigenvalue weighted by atomic mass is 16.5. The Morgan fingerprint density at radius 2 is 2.25 bits per heavy atom. The minimum atomic E-state index is -0.444. The van der Waals surface area contributed by atoms with E-state index in [2.05, 4.69) is 15.5 Å². The smallest absolute Gasteiger partial charge is 0.359 e. The van der Waals surface area contributed by atoms with Crippen molar-refractivity contribution >= 4 is 12.0 Å². The van der Waals surface area contributed by atoms with Gasteiger partial charge in [-0.15, -0.1) is 0 Å². The maximum atomic E-state index is 12.0. The molecule has 0 spiro atoms. The van der Waals surface area contributed by atoms with Gasteiger partial charge in [0.05, 0.1) is 13.2 Å². The number of rotatable bonds is 4. The summed E-state index contributed by atoms with van der Waals surface area (Å²) in [7, 11) is 0. The summed E-state index contributed by atoms with van der Waals surface area (Å²) < 4.78 is 4.97. The molecule has 0 aromatic carbocycles. The monoisotopic (exact) mass is 280 g/mol. The lowest BCUT2D eigenvalue weighted by atomic mass is 10.1.